The van der Waals surface area contributed by atoms with Gasteiger partial charge >= 0.3 is 5.97 Å². The molecule has 0 fully saturated rings. The van der Waals surface area contributed by atoms with Crippen LogP contribution in [0.3, 0.4) is 0 Å². The van der Waals surface area contributed by atoms with Gasteiger partial charge in [0.15, 0.2) is 5.78 Å². The minimum absolute atomic E-state index is 0.0673. The lowest BCUT2D eigenvalue weighted by atomic mass is 9.98. The van der Waals surface area contributed by atoms with E-state index >= 15 is 0 Å². The first-order valence-electron chi connectivity index (χ1n) is 11.3. The summed E-state index contributed by atoms with van der Waals surface area (Å²) in [4.78, 5) is 24.4. The number of ether oxygens (including phenoxy) is 3. The van der Waals surface area contributed by atoms with Gasteiger partial charge in [0, 0.05) is 23.1 Å². The normalized spacial score (nSPS) is 11.4. The maximum absolute atomic E-state index is 13.1. The molecule has 3 aromatic rings. The van der Waals surface area contributed by atoms with Crippen LogP contribution >= 0.6 is 0 Å². The predicted molar refractivity (Wildman–Crippen MR) is 133 cm³/mol. The first-order chi connectivity index (χ1) is 16.5. The van der Waals surface area contributed by atoms with Gasteiger partial charge in [0.25, 0.3) is 0 Å². The molecule has 0 radical (unpaired) electrons. The minimum atomic E-state index is -0.226. The van der Waals surface area contributed by atoms with Crippen molar-refractivity contribution >= 4 is 17.5 Å². The van der Waals surface area contributed by atoms with Crippen LogP contribution in [0.15, 0.2) is 84.4 Å². The second kappa shape index (κ2) is 12.4. The lowest BCUT2D eigenvalue weighted by Gasteiger charge is -2.16. The molecule has 0 amide bonds. The van der Waals surface area contributed by atoms with Crippen molar-refractivity contribution in [3.05, 3.63) is 107 Å². The van der Waals surface area contributed by atoms with Crippen molar-refractivity contribution in [3.8, 4) is 5.75 Å². The fourth-order valence-corrected chi connectivity index (χ4v) is 3.53. The second-order valence-electron chi connectivity index (χ2n) is 7.88. The molecule has 0 bridgehead atoms. The standard InChI is InChI=1S/C29H30O5/c1-21-9-7-8-12-26(21)29(22(2)28(31)24-10-5-4-6-11-24)34-20-19-33-25-16-13-23(14-17-25)15-18-27(30)32-3/h4-14,16-17H,15,18-20H2,1-3H3/b29-22-. The molecule has 0 spiro atoms. The van der Waals surface area contributed by atoms with Gasteiger partial charge in [-0.15, -0.1) is 0 Å². The number of esters is 1. The van der Waals surface area contributed by atoms with E-state index in [0.717, 1.165) is 16.7 Å². The molecule has 0 aliphatic heterocycles. The van der Waals surface area contributed by atoms with E-state index in [2.05, 4.69) is 4.74 Å². The van der Waals surface area contributed by atoms with E-state index in [1.54, 1.807) is 19.1 Å². The zero-order chi connectivity index (χ0) is 24.3. The molecular formula is C29H30O5. The molecule has 5 heteroatoms. The van der Waals surface area contributed by atoms with E-state index in [1.807, 2.05) is 73.7 Å². The molecule has 0 aromatic heterocycles. The highest BCUT2D eigenvalue weighted by atomic mass is 16.5. The van der Waals surface area contributed by atoms with Crippen molar-refractivity contribution in [2.45, 2.75) is 26.7 Å². The fourth-order valence-electron chi connectivity index (χ4n) is 3.53. The molecule has 5 nitrogen and oxygen atoms in total. The van der Waals surface area contributed by atoms with Crippen LogP contribution in [0.4, 0.5) is 0 Å². The molecule has 0 atom stereocenters. The molecule has 0 aliphatic rings. The summed E-state index contributed by atoms with van der Waals surface area (Å²) in [6.07, 6.45) is 0.967. The number of hydrogen-bond donors (Lipinski definition) is 0. The van der Waals surface area contributed by atoms with Crippen LogP contribution in [0.2, 0.25) is 0 Å². The summed E-state index contributed by atoms with van der Waals surface area (Å²) in [6, 6.07) is 24.7. The number of methoxy groups -OCH3 is 1. The first-order valence-corrected chi connectivity index (χ1v) is 11.3. The van der Waals surface area contributed by atoms with Crippen molar-refractivity contribution in [3.63, 3.8) is 0 Å². The van der Waals surface area contributed by atoms with Crippen LogP contribution in [-0.2, 0) is 20.7 Å². The van der Waals surface area contributed by atoms with Gasteiger partial charge in [-0.25, -0.2) is 0 Å². The number of aryl methyl sites for hydroxylation is 2. The van der Waals surface area contributed by atoms with Gasteiger partial charge in [0.05, 0.1) is 7.11 Å². The van der Waals surface area contributed by atoms with Crippen molar-refractivity contribution < 1.29 is 23.8 Å². The third-order valence-electron chi connectivity index (χ3n) is 5.47. The molecule has 0 heterocycles. The van der Waals surface area contributed by atoms with Gasteiger partial charge < -0.3 is 14.2 Å². The SMILES string of the molecule is COC(=O)CCc1ccc(OCCO/C(=C(/C)C(=O)c2ccccc2)c2ccccc2C)cc1. The average Bonchev–Trinajstić information content (AvgIpc) is 2.88. The van der Waals surface area contributed by atoms with Crippen LogP contribution in [0.1, 0.15) is 40.4 Å². The molecule has 3 aromatic carbocycles. The highest BCUT2D eigenvalue weighted by Gasteiger charge is 2.17. The fraction of sp³-hybridized carbons (Fsp3) is 0.241. The molecule has 0 aliphatic carbocycles. The smallest absolute Gasteiger partial charge is 0.305 e. The van der Waals surface area contributed by atoms with Gasteiger partial charge in [-0.3, -0.25) is 9.59 Å². The van der Waals surface area contributed by atoms with Crippen molar-refractivity contribution in [2.24, 2.45) is 0 Å². The number of carbonyl (C=O) groups is 2. The molecule has 0 saturated heterocycles. The highest BCUT2D eigenvalue weighted by Crippen LogP contribution is 2.26. The minimum Gasteiger partial charge on any atom is -0.490 e. The molecule has 34 heavy (non-hydrogen) atoms. The maximum atomic E-state index is 13.1. The van der Waals surface area contributed by atoms with Crippen LogP contribution < -0.4 is 4.74 Å². The Morgan fingerprint density at radius 2 is 1.50 bits per heavy atom. The summed E-state index contributed by atoms with van der Waals surface area (Å²) in [6.45, 7) is 4.40. The Kier molecular flexibility index (Phi) is 9.04. The molecular weight excluding hydrogens is 428 g/mol. The Morgan fingerprint density at radius 1 is 0.824 bits per heavy atom. The van der Waals surface area contributed by atoms with E-state index in [0.29, 0.717) is 42.1 Å². The van der Waals surface area contributed by atoms with Crippen LogP contribution in [0.25, 0.3) is 5.76 Å². The first kappa shape index (κ1) is 24.8. The van der Waals surface area contributed by atoms with Gasteiger partial charge in [0.2, 0.25) is 0 Å². The summed E-state index contributed by atoms with van der Waals surface area (Å²) in [5.74, 6) is 0.982. The molecule has 3 rings (SSSR count). The van der Waals surface area contributed by atoms with Crippen LogP contribution in [-0.4, -0.2) is 32.1 Å². The van der Waals surface area contributed by atoms with Gasteiger partial charge in [-0.2, -0.15) is 0 Å². The Bertz CT molecular complexity index is 1130. The largest absolute Gasteiger partial charge is 0.490 e. The number of Topliss-reactive ketones (excluding diaryl/α,β-unsaturated/α-hetero) is 1. The molecule has 0 unspecified atom stereocenters. The zero-order valence-corrected chi connectivity index (χ0v) is 19.9. The van der Waals surface area contributed by atoms with E-state index in [4.69, 9.17) is 9.47 Å². The number of rotatable bonds is 11. The van der Waals surface area contributed by atoms with Gasteiger partial charge in [-0.05, 0) is 43.5 Å². The van der Waals surface area contributed by atoms with E-state index in [-0.39, 0.29) is 18.4 Å². The average molecular weight is 459 g/mol. The molecule has 0 N–H and O–H groups in total. The van der Waals surface area contributed by atoms with Crippen LogP contribution in [0, 0.1) is 6.92 Å². The summed E-state index contributed by atoms with van der Waals surface area (Å²) in [7, 11) is 1.39. The van der Waals surface area contributed by atoms with Crippen molar-refractivity contribution in [1.29, 1.82) is 0 Å². The third-order valence-corrected chi connectivity index (χ3v) is 5.47. The topological polar surface area (TPSA) is 61.8 Å². The highest BCUT2D eigenvalue weighted by molar-refractivity contribution is 6.12. The van der Waals surface area contributed by atoms with E-state index < -0.39 is 0 Å². The maximum Gasteiger partial charge on any atom is 0.305 e. The summed E-state index contributed by atoms with van der Waals surface area (Å²) >= 11 is 0. The summed E-state index contributed by atoms with van der Waals surface area (Å²) < 4.78 is 16.6. The Balaban J connectivity index is 1.66. The number of ketones is 1. The van der Waals surface area contributed by atoms with Crippen molar-refractivity contribution in [1.82, 2.24) is 0 Å². The Hall–Kier alpha value is -3.86. The Labute approximate surface area is 201 Å². The van der Waals surface area contributed by atoms with Crippen molar-refractivity contribution in [2.75, 3.05) is 20.3 Å². The quantitative estimate of drug-likeness (QED) is 0.119. The Morgan fingerprint density at radius 3 is 2.18 bits per heavy atom. The summed E-state index contributed by atoms with van der Waals surface area (Å²) in [5, 5.41) is 0. The number of carbonyl (C=O) groups excluding carboxylic acids is 2. The number of allylic oxidation sites excluding steroid dienone is 1. The lowest BCUT2D eigenvalue weighted by Crippen LogP contribution is -2.11. The molecule has 176 valence electrons. The van der Waals surface area contributed by atoms with Gasteiger partial charge in [0.1, 0.15) is 24.7 Å². The van der Waals surface area contributed by atoms with E-state index in [9.17, 15) is 9.59 Å². The predicted octanol–water partition coefficient (Wildman–Crippen LogP) is 5.81. The summed E-state index contributed by atoms with van der Waals surface area (Å²) in [5.41, 5.74) is 4.13. The second-order valence-corrected chi connectivity index (χ2v) is 7.88. The van der Waals surface area contributed by atoms with E-state index in [1.165, 1.54) is 7.11 Å². The van der Waals surface area contributed by atoms with Crippen LogP contribution in [0.5, 0.6) is 5.75 Å². The number of benzene rings is 3. The number of hydrogen-bond acceptors (Lipinski definition) is 5. The monoisotopic (exact) mass is 458 g/mol. The molecule has 0 saturated carbocycles. The third kappa shape index (κ3) is 6.82. The van der Waals surface area contributed by atoms with Gasteiger partial charge in [-0.1, -0.05) is 66.7 Å². The lowest BCUT2D eigenvalue weighted by molar-refractivity contribution is -0.140. The zero-order valence-electron chi connectivity index (χ0n) is 19.9.